The third kappa shape index (κ3) is 3.00. The molecule has 0 aliphatic rings. The van der Waals surface area contributed by atoms with Gasteiger partial charge in [-0.05, 0) is 17.9 Å². The summed E-state index contributed by atoms with van der Waals surface area (Å²) in [5, 5.41) is 9.12. The number of rotatable bonds is 4. The largest absolute Gasteiger partial charge is 0.481 e. The monoisotopic (exact) mass is 195 g/mol. The van der Waals surface area contributed by atoms with Gasteiger partial charge in [-0.2, -0.15) is 0 Å². The van der Waals surface area contributed by atoms with Crippen LogP contribution in [0, 0.1) is 5.41 Å². The maximum atomic E-state index is 9.12. The first kappa shape index (κ1) is 11.0. The Labute approximate surface area is 84.7 Å². The molecule has 0 aromatic carbocycles. The lowest BCUT2D eigenvalue weighted by atomic mass is 9.89. The minimum atomic E-state index is -0.126. The summed E-state index contributed by atoms with van der Waals surface area (Å²) >= 11 is 0. The van der Waals surface area contributed by atoms with Crippen molar-refractivity contribution >= 4 is 0 Å². The van der Waals surface area contributed by atoms with Crippen LogP contribution in [0.4, 0.5) is 0 Å². The lowest BCUT2D eigenvalue weighted by Gasteiger charge is -2.20. The molecule has 0 amide bonds. The summed E-state index contributed by atoms with van der Waals surface area (Å²) in [7, 11) is 1.60. The lowest BCUT2D eigenvalue weighted by molar-refractivity contribution is 0.158. The summed E-state index contributed by atoms with van der Waals surface area (Å²) in [6.07, 6.45) is 0.751. The molecule has 78 valence electrons. The van der Waals surface area contributed by atoms with E-state index in [1.54, 1.807) is 7.11 Å². The van der Waals surface area contributed by atoms with E-state index in [0.717, 1.165) is 12.1 Å². The SMILES string of the molecule is COc1cccc(CC(C)(C)CO)n1. The number of hydrogen-bond donors (Lipinski definition) is 1. The van der Waals surface area contributed by atoms with Crippen LogP contribution in [0.3, 0.4) is 0 Å². The van der Waals surface area contributed by atoms with Gasteiger partial charge in [0.05, 0.1) is 7.11 Å². The van der Waals surface area contributed by atoms with Gasteiger partial charge in [-0.3, -0.25) is 0 Å². The van der Waals surface area contributed by atoms with Crippen LogP contribution in [0.1, 0.15) is 19.5 Å². The molecule has 0 aliphatic heterocycles. The van der Waals surface area contributed by atoms with E-state index in [9.17, 15) is 0 Å². The van der Waals surface area contributed by atoms with E-state index in [-0.39, 0.29) is 12.0 Å². The zero-order chi connectivity index (χ0) is 10.6. The fraction of sp³-hybridized carbons (Fsp3) is 0.545. The summed E-state index contributed by atoms with van der Waals surface area (Å²) in [4.78, 5) is 4.29. The third-order valence-corrected chi connectivity index (χ3v) is 2.08. The van der Waals surface area contributed by atoms with Crippen molar-refractivity contribution in [2.24, 2.45) is 5.41 Å². The first-order valence-corrected chi connectivity index (χ1v) is 4.68. The molecule has 1 N–H and O–H groups in total. The molecule has 0 fully saturated rings. The Morgan fingerprint density at radius 3 is 2.71 bits per heavy atom. The highest BCUT2D eigenvalue weighted by Gasteiger charge is 2.17. The fourth-order valence-electron chi connectivity index (χ4n) is 1.22. The molecule has 0 unspecified atom stereocenters. The summed E-state index contributed by atoms with van der Waals surface area (Å²) in [5.74, 6) is 0.622. The summed E-state index contributed by atoms with van der Waals surface area (Å²) in [5.41, 5.74) is 0.822. The lowest BCUT2D eigenvalue weighted by Crippen LogP contribution is -2.20. The molecular formula is C11H17NO2. The van der Waals surface area contributed by atoms with Crippen LogP contribution in [0.2, 0.25) is 0 Å². The summed E-state index contributed by atoms with van der Waals surface area (Å²) < 4.78 is 5.03. The molecule has 0 saturated carbocycles. The smallest absolute Gasteiger partial charge is 0.213 e. The molecule has 0 radical (unpaired) electrons. The van der Waals surface area contributed by atoms with E-state index >= 15 is 0 Å². The first-order chi connectivity index (χ1) is 6.57. The van der Waals surface area contributed by atoms with Gasteiger partial charge in [0.15, 0.2) is 0 Å². The van der Waals surface area contributed by atoms with Gasteiger partial charge in [-0.1, -0.05) is 19.9 Å². The molecular weight excluding hydrogens is 178 g/mol. The molecule has 3 heteroatoms. The van der Waals surface area contributed by atoms with Gasteiger partial charge >= 0.3 is 0 Å². The highest BCUT2D eigenvalue weighted by atomic mass is 16.5. The van der Waals surface area contributed by atoms with E-state index in [4.69, 9.17) is 9.84 Å². The van der Waals surface area contributed by atoms with Crippen molar-refractivity contribution in [2.75, 3.05) is 13.7 Å². The zero-order valence-electron chi connectivity index (χ0n) is 8.95. The van der Waals surface area contributed by atoms with Crippen molar-refractivity contribution in [1.29, 1.82) is 0 Å². The first-order valence-electron chi connectivity index (χ1n) is 4.68. The van der Waals surface area contributed by atoms with E-state index in [1.807, 2.05) is 32.0 Å². The Morgan fingerprint density at radius 1 is 1.43 bits per heavy atom. The van der Waals surface area contributed by atoms with Crippen LogP contribution in [-0.4, -0.2) is 23.8 Å². The highest BCUT2D eigenvalue weighted by Crippen LogP contribution is 2.20. The van der Waals surface area contributed by atoms with Gasteiger partial charge < -0.3 is 9.84 Å². The Morgan fingerprint density at radius 2 is 2.14 bits per heavy atom. The second-order valence-electron chi connectivity index (χ2n) is 4.17. The van der Waals surface area contributed by atoms with Crippen molar-refractivity contribution < 1.29 is 9.84 Å². The zero-order valence-corrected chi connectivity index (χ0v) is 8.95. The maximum Gasteiger partial charge on any atom is 0.213 e. The second kappa shape index (κ2) is 4.42. The number of ether oxygens (including phenoxy) is 1. The minimum absolute atomic E-state index is 0.126. The molecule has 14 heavy (non-hydrogen) atoms. The van der Waals surface area contributed by atoms with E-state index in [0.29, 0.717) is 5.88 Å². The van der Waals surface area contributed by atoms with Crippen molar-refractivity contribution in [3.8, 4) is 5.88 Å². The number of methoxy groups -OCH3 is 1. The predicted molar refractivity (Wildman–Crippen MR) is 55.4 cm³/mol. The Balaban J connectivity index is 2.76. The third-order valence-electron chi connectivity index (χ3n) is 2.08. The highest BCUT2D eigenvalue weighted by molar-refractivity contribution is 5.16. The molecule has 1 rings (SSSR count). The normalized spacial score (nSPS) is 11.4. The van der Waals surface area contributed by atoms with E-state index in [2.05, 4.69) is 4.98 Å². The van der Waals surface area contributed by atoms with Gasteiger partial charge in [0, 0.05) is 18.4 Å². The molecule has 0 spiro atoms. The van der Waals surface area contributed by atoms with E-state index < -0.39 is 0 Å². The number of nitrogens with zero attached hydrogens (tertiary/aromatic N) is 1. The Bertz CT molecular complexity index is 297. The quantitative estimate of drug-likeness (QED) is 0.794. The Kier molecular flexibility index (Phi) is 3.47. The average Bonchev–Trinajstić information content (AvgIpc) is 2.17. The molecule has 1 aromatic rings. The summed E-state index contributed by atoms with van der Waals surface area (Å²) in [6.45, 7) is 4.17. The number of aromatic nitrogens is 1. The minimum Gasteiger partial charge on any atom is -0.481 e. The molecule has 0 bridgehead atoms. The average molecular weight is 195 g/mol. The predicted octanol–water partition coefficient (Wildman–Crippen LogP) is 1.65. The van der Waals surface area contributed by atoms with Crippen LogP contribution in [0.5, 0.6) is 5.88 Å². The van der Waals surface area contributed by atoms with E-state index in [1.165, 1.54) is 0 Å². The molecule has 0 aliphatic carbocycles. The Hall–Kier alpha value is -1.09. The fourth-order valence-corrected chi connectivity index (χ4v) is 1.22. The van der Waals surface area contributed by atoms with Crippen molar-refractivity contribution in [3.05, 3.63) is 23.9 Å². The molecule has 3 nitrogen and oxygen atoms in total. The maximum absolute atomic E-state index is 9.12. The van der Waals surface area contributed by atoms with Crippen LogP contribution < -0.4 is 4.74 Å². The van der Waals surface area contributed by atoms with Crippen LogP contribution in [0.15, 0.2) is 18.2 Å². The molecule has 0 atom stereocenters. The van der Waals surface area contributed by atoms with Crippen molar-refractivity contribution in [3.63, 3.8) is 0 Å². The molecule has 1 heterocycles. The van der Waals surface area contributed by atoms with Gasteiger partial charge in [-0.15, -0.1) is 0 Å². The number of hydrogen-bond acceptors (Lipinski definition) is 3. The summed E-state index contributed by atoms with van der Waals surface area (Å²) in [6, 6.07) is 5.67. The van der Waals surface area contributed by atoms with Crippen molar-refractivity contribution in [2.45, 2.75) is 20.3 Å². The molecule has 0 saturated heterocycles. The van der Waals surface area contributed by atoms with Gasteiger partial charge in [0.1, 0.15) is 0 Å². The van der Waals surface area contributed by atoms with Crippen LogP contribution in [0.25, 0.3) is 0 Å². The number of pyridine rings is 1. The number of aliphatic hydroxyl groups is 1. The van der Waals surface area contributed by atoms with Gasteiger partial charge in [0.25, 0.3) is 0 Å². The van der Waals surface area contributed by atoms with Crippen molar-refractivity contribution in [1.82, 2.24) is 4.98 Å². The van der Waals surface area contributed by atoms with Crippen LogP contribution >= 0.6 is 0 Å². The molecule has 1 aromatic heterocycles. The number of aliphatic hydroxyl groups excluding tert-OH is 1. The topological polar surface area (TPSA) is 42.4 Å². The van der Waals surface area contributed by atoms with Gasteiger partial charge in [0.2, 0.25) is 5.88 Å². The standard InChI is InChI=1S/C11H17NO2/c1-11(2,8-13)7-9-5-4-6-10(12-9)14-3/h4-6,13H,7-8H2,1-3H3. The second-order valence-corrected chi connectivity index (χ2v) is 4.17. The van der Waals surface area contributed by atoms with Gasteiger partial charge in [-0.25, -0.2) is 4.98 Å². The van der Waals surface area contributed by atoms with Crippen LogP contribution in [-0.2, 0) is 6.42 Å².